The molecule has 4 heterocycles. The zero-order chi connectivity index (χ0) is 80.3. The molecule has 0 aliphatic heterocycles. The van der Waals surface area contributed by atoms with Crippen molar-refractivity contribution in [2.45, 2.75) is 0 Å². The number of hydrogen-bond donors (Lipinski definition) is 0. The highest BCUT2D eigenvalue weighted by Gasteiger charge is 2.41. The summed E-state index contributed by atoms with van der Waals surface area (Å²) in [5.41, 5.74) is 28.9. The zero-order valence-electron chi connectivity index (χ0n) is 66.2. The third-order valence-corrected chi connectivity index (χ3v) is 29.4. The SMILES string of the molecule is N#Cc1ccc(-c2cccc(-c3ccc4c5cc(-c6ccc7c(c6)c6ccccc6n7-c6ccccc6)ccc5n(-c5ccccc5)c4c3)c2)cc1.c1ccc(-n2c3ccccc3c3cc(-c4ccc5c(c4)c4ccc(-c6cccc(-c7ccc([Si](c8ccccc8)(c8ccccc8)c8ccccc8)cc7)c6)cc4n5-c4ccccc4)ccc32)cc1. The van der Waals surface area contributed by atoms with Crippen molar-refractivity contribution >= 4 is 116 Å². The smallest absolute Gasteiger partial charge is 0.179 e. The number of nitrogens with zero attached hydrogens (tertiary/aromatic N) is 5. The maximum Gasteiger partial charge on any atom is 0.179 e. The van der Waals surface area contributed by atoms with Gasteiger partial charge in [-0.05, 0) is 233 Å². The minimum absolute atomic E-state index is 0.665. The molecule has 5 nitrogen and oxygen atoms in total. The van der Waals surface area contributed by atoms with Crippen LogP contribution in [0.2, 0.25) is 0 Å². The van der Waals surface area contributed by atoms with Crippen molar-refractivity contribution in [1.82, 2.24) is 18.3 Å². The lowest BCUT2D eigenvalue weighted by Crippen LogP contribution is -2.74. The molecular formula is C115H77N5Si. The topological polar surface area (TPSA) is 43.5 Å². The van der Waals surface area contributed by atoms with Gasteiger partial charge < -0.3 is 18.3 Å². The first-order valence-corrected chi connectivity index (χ1v) is 43.4. The second-order valence-electron chi connectivity index (χ2n) is 31.4. The van der Waals surface area contributed by atoms with E-state index < -0.39 is 8.07 Å². The average molecular weight is 1560 g/mol. The highest BCUT2D eigenvalue weighted by molar-refractivity contribution is 7.19. The summed E-state index contributed by atoms with van der Waals surface area (Å²) >= 11 is 0. The highest BCUT2D eigenvalue weighted by Crippen LogP contribution is 2.44. The van der Waals surface area contributed by atoms with E-state index in [1.54, 1.807) is 0 Å². The van der Waals surface area contributed by atoms with Crippen LogP contribution in [-0.4, -0.2) is 26.3 Å². The summed E-state index contributed by atoms with van der Waals surface area (Å²) < 4.78 is 9.56. The fraction of sp³-hybridized carbons (Fsp3) is 0. The summed E-state index contributed by atoms with van der Waals surface area (Å²) in [5.74, 6) is 0. The second-order valence-corrected chi connectivity index (χ2v) is 35.2. The van der Waals surface area contributed by atoms with E-state index in [-0.39, 0.29) is 0 Å². The highest BCUT2D eigenvalue weighted by atomic mass is 28.3. The van der Waals surface area contributed by atoms with Gasteiger partial charge in [-0.3, -0.25) is 0 Å². The van der Waals surface area contributed by atoms with E-state index in [1.807, 2.05) is 24.3 Å². The molecule has 121 heavy (non-hydrogen) atoms. The minimum Gasteiger partial charge on any atom is -0.309 e. The van der Waals surface area contributed by atoms with Crippen LogP contribution in [0.25, 0.3) is 177 Å². The number of para-hydroxylation sites is 6. The Morgan fingerprint density at radius 2 is 0.388 bits per heavy atom. The predicted molar refractivity (Wildman–Crippen MR) is 511 cm³/mol. The first-order chi connectivity index (χ1) is 59.9. The lowest BCUT2D eigenvalue weighted by Gasteiger charge is -2.34. The molecule has 4 aromatic heterocycles. The number of fused-ring (bicyclic) bond motifs is 12. The summed E-state index contributed by atoms with van der Waals surface area (Å²) in [6.07, 6.45) is 0. The lowest BCUT2D eigenvalue weighted by atomic mass is 9.97. The van der Waals surface area contributed by atoms with Crippen molar-refractivity contribution in [2.75, 3.05) is 0 Å². The monoisotopic (exact) mass is 1560 g/mol. The largest absolute Gasteiger partial charge is 0.309 e. The Labute approximate surface area is 703 Å². The maximum absolute atomic E-state index is 9.27. The molecule has 0 saturated heterocycles. The van der Waals surface area contributed by atoms with E-state index >= 15 is 0 Å². The van der Waals surface area contributed by atoms with Crippen molar-refractivity contribution in [3.05, 3.63) is 473 Å². The van der Waals surface area contributed by atoms with E-state index in [2.05, 4.69) is 467 Å². The van der Waals surface area contributed by atoms with Gasteiger partial charge in [-0.2, -0.15) is 5.26 Å². The van der Waals surface area contributed by atoms with Gasteiger partial charge in [0.15, 0.2) is 8.07 Å². The van der Waals surface area contributed by atoms with Gasteiger partial charge in [-0.25, -0.2) is 0 Å². The van der Waals surface area contributed by atoms with Crippen molar-refractivity contribution in [1.29, 1.82) is 5.26 Å². The van der Waals surface area contributed by atoms with Crippen LogP contribution in [-0.2, 0) is 0 Å². The molecule has 0 radical (unpaired) electrons. The lowest BCUT2D eigenvalue weighted by molar-refractivity contribution is 1.18. The fourth-order valence-corrected chi connectivity index (χ4v) is 23.7. The molecule has 23 rings (SSSR count). The summed E-state index contributed by atoms with van der Waals surface area (Å²) in [7, 11) is -2.62. The molecule has 0 unspecified atom stereocenters. The minimum atomic E-state index is -2.62. The molecule has 19 aromatic carbocycles. The van der Waals surface area contributed by atoms with E-state index in [4.69, 9.17) is 0 Å². The Morgan fingerprint density at radius 1 is 0.157 bits per heavy atom. The Balaban J connectivity index is 0.000000151. The van der Waals surface area contributed by atoms with Crippen molar-refractivity contribution in [2.24, 2.45) is 0 Å². The number of rotatable bonds is 14. The Morgan fingerprint density at radius 3 is 0.719 bits per heavy atom. The Kier molecular flexibility index (Phi) is 17.9. The van der Waals surface area contributed by atoms with Gasteiger partial charge in [0.2, 0.25) is 0 Å². The van der Waals surface area contributed by atoms with Crippen LogP contribution in [0, 0.1) is 11.3 Å². The second kappa shape index (κ2) is 30.3. The summed E-state index contributed by atoms with van der Waals surface area (Å²) in [6.45, 7) is 0. The molecule has 0 aliphatic rings. The molecule has 0 amide bonds. The van der Waals surface area contributed by atoms with Crippen LogP contribution in [0.5, 0.6) is 0 Å². The van der Waals surface area contributed by atoms with Gasteiger partial charge >= 0.3 is 0 Å². The van der Waals surface area contributed by atoms with Crippen molar-refractivity contribution in [3.8, 4) is 95.6 Å². The first kappa shape index (κ1) is 71.6. The van der Waals surface area contributed by atoms with Gasteiger partial charge in [-0.1, -0.05) is 322 Å². The van der Waals surface area contributed by atoms with E-state index in [9.17, 15) is 5.26 Å². The molecule has 0 aliphatic carbocycles. The van der Waals surface area contributed by atoms with Crippen LogP contribution in [0.1, 0.15) is 5.56 Å². The maximum atomic E-state index is 9.27. The molecule has 23 aromatic rings. The summed E-state index contributed by atoms with van der Waals surface area (Å²) in [4.78, 5) is 0. The fourth-order valence-electron chi connectivity index (χ4n) is 19.0. The van der Waals surface area contributed by atoms with Crippen LogP contribution < -0.4 is 20.7 Å². The van der Waals surface area contributed by atoms with Gasteiger partial charge in [0, 0.05) is 65.8 Å². The predicted octanol–water partition coefficient (Wildman–Crippen LogP) is 27.0. The molecule has 6 heteroatoms. The summed E-state index contributed by atoms with van der Waals surface area (Å²) in [6, 6.07) is 172. The third-order valence-electron chi connectivity index (χ3n) is 24.6. The average Bonchev–Trinajstić information content (AvgIpc) is 1.35. The number of aromatic nitrogens is 4. The number of benzene rings is 19. The van der Waals surface area contributed by atoms with Crippen LogP contribution in [0.3, 0.4) is 0 Å². The molecule has 0 saturated carbocycles. The third kappa shape index (κ3) is 12.5. The molecule has 0 bridgehead atoms. The Hall–Kier alpha value is -15.9. The van der Waals surface area contributed by atoms with Gasteiger partial charge in [0.05, 0.1) is 55.8 Å². The van der Waals surface area contributed by atoms with E-state index in [0.29, 0.717) is 5.56 Å². The number of nitriles is 1. The summed E-state index contributed by atoms with van der Waals surface area (Å²) in [5, 5.41) is 24.7. The van der Waals surface area contributed by atoms with Gasteiger partial charge in [0.25, 0.3) is 0 Å². The Bertz CT molecular complexity index is 7800. The van der Waals surface area contributed by atoms with Crippen LogP contribution in [0.15, 0.2) is 467 Å². The first-order valence-electron chi connectivity index (χ1n) is 41.4. The standard InChI is InChI=1S/C66H46N2Si.C49H31N3/c1-6-21-53(22-7-1)67-63-32-17-16-31-59(63)61-44-50(36-41-64(61)67)51-37-42-65-62(45-51)60-40-35-52(46-66(60)68(65)54-23-8-2-9-24-54)49-20-18-19-48(43-49)47-33-38-58(39-34-47)69(55-25-10-3-11-26-55,56-27-12-4-13-28-56)57-29-14-5-15-30-57;50-32-33-18-20-34(21-19-33)35-10-9-11-36(28-35)39-22-25-43-45-30-38(24-27-48(45)52(49(43)31-39)41-14-5-2-6-15-41)37-23-26-47-44(29-37)42-16-7-8-17-46(42)51(47)40-12-3-1-4-13-40/h1-46H;1-31H. The molecule has 0 spiro atoms. The van der Waals surface area contributed by atoms with Crippen molar-refractivity contribution < 1.29 is 0 Å². The van der Waals surface area contributed by atoms with E-state index in [0.717, 1.165) is 39.3 Å². The van der Waals surface area contributed by atoms with Gasteiger partial charge in [-0.15, -0.1) is 0 Å². The zero-order valence-corrected chi connectivity index (χ0v) is 67.2. The molecular weight excluding hydrogens is 1480 g/mol. The molecule has 0 fully saturated rings. The van der Waals surface area contributed by atoms with E-state index in [1.165, 1.54) is 158 Å². The number of hydrogen-bond acceptors (Lipinski definition) is 1. The quantitative estimate of drug-likeness (QED) is 0.0790. The molecule has 0 N–H and O–H groups in total. The molecule has 0 atom stereocenters. The van der Waals surface area contributed by atoms with Crippen molar-refractivity contribution in [3.63, 3.8) is 0 Å². The van der Waals surface area contributed by atoms with Gasteiger partial charge in [0.1, 0.15) is 0 Å². The van der Waals surface area contributed by atoms with Crippen LogP contribution >= 0.6 is 0 Å². The normalized spacial score (nSPS) is 11.6. The molecule has 566 valence electrons. The van der Waals surface area contributed by atoms with Crippen LogP contribution in [0.4, 0.5) is 0 Å².